The largest absolute Gasteiger partial charge is 0.397 e. The normalized spacial score (nSPS) is 10.9. The van der Waals surface area contributed by atoms with Crippen LogP contribution in [0.2, 0.25) is 5.02 Å². The molecule has 1 aromatic heterocycles. The molecule has 0 unspecified atom stereocenters. The Morgan fingerprint density at radius 2 is 2.06 bits per heavy atom. The minimum Gasteiger partial charge on any atom is -0.397 e. The summed E-state index contributed by atoms with van der Waals surface area (Å²) in [6, 6.07) is 10.2. The van der Waals surface area contributed by atoms with Crippen molar-refractivity contribution in [3.8, 4) is 0 Å². The first-order valence-electron chi connectivity index (χ1n) is 5.92. The number of halogens is 1. The van der Waals surface area contributed by atoms with Gasteiger partial charge >= 0.3 is 0 Å². The lowest BCUT2D eigenvalue weighted by Crippen LogP contribution is -2.30. The fourth-order valence-electron chi connectivity index (χ4n) is 1.93. The second-order valence-electron chi connectivity index (χ2n) is 4.48. The van der Waals surface area contributed by atoms with E-state index in [1.54, 1.807) is 11.3 Å². The van der Waals surface area contributed by atoms with Gasteiger partial charge in [0.05, 0.1) is 22.9 Å². The fourth-order valence-corrected chi connectivity index (χ4v) is 2.92. The molecule has 0 saturated heterocycles. The summed E-state index contributed by atoms with van der Waals surface area (Å²) < 4.78 is 0. The monoisotopic (exact) mass is 280 g/mol. The van der Waals surface area contributed by atoms with E-state index in [4.69, 9.17) is 17.3 Å². The molecule has 0 saturated carbocycles. The summed E-state index contributed by atoms with van der Waals surface area (Å²) in [6.45, 7) is 5.13. The first-order valence-corrected chi connectivity index (χ1v) is 7.18. The maximum absolute atomic E-state index is 6.29. The summed E-state index contributed by atoms with van der Waals surface area (Å²) in [7, 11) is 0. The molecule has 0 spiro atoms. The Morgan fingerprint density at radius 3 is 2.61 bits per heavy atom. The van der Waals surface area contributed by atoms with Gasteiger partial charge in [-0.1, -0.05) is 23.7 Å². The van der Waals surface area contributed by atoms with Crippen LogP contribution in [-0.4, -0.2) is 6.04 Å². The third-order valence-electron chi connectivity index (χ3n) is 2.83. The van der Waals surface area contributed by atoms with Gasteiger partial charge in [0.25, 0.3) is 0 Å². The number of para-hydroxylation sites is 1. The molecular weight excluding hydrogens is 264 g/mol. The second-order valence-corrected chi connectivity index (χ2v) is 5.92. The minimum atomic E-state index is 0.342. The van der Waals surface area contributed by atoms with Crippen LogP contribution < -0.4 is 10.6 Å². The van der Waals surface area contributed by atoms with E-state index in [0.29, 0.717) is 11.1 Å². The maximum atomic E-state index is 6.29. The molecule has 0 aliphatic carbocycles. The van der Waals surface area contributed by atoms with E-state index in [2.05, 4.69) is 36.3 Å². The van der Waals surface area contributed by atoms with E-state index in [9.17, 15) is 0 Å². The van der Waals surface area contributed by atoms with Crippen molar-refractivity contribution >= 4 is 34.3 Å². The Kier molecular flexibility index (Phi) is 4.15. The van der Waals surface area contributed by atoms with E-state index >= 15 is 0 Å². The molecule has 0 atom stereocenters. The van der Waals surface area contributed by atoms with Gasteiger partial charge in [0.1, 0.15) is 0 Å². The highest BCUT2D eigenvalue weighted by Gasteiger charge is 2.17. The predicted molar refractivity (Wildman–Crippen MR) is 81.5 cm³/mol. The number of hydrogen-bond acceptors (Lipinski definition) is 3. The SMILES string of the molecule is CC(C)N(Cc1cccs1)c1c(N)cccc1Cl. The lowest BCUT2D eigenvalue weighted by Gasteiger charge is -2.30. The zero-order valence-electron chi connectivity index (χ0n) is 10.6. The Balaban J connectivity index is 2.36. The van der Waals surface area contributed by atoms with Gasteiger partial charge in [-0.3, -0.25) is 0 Å². The van der Waals surface area contributed by atoms with Gasteiger partial charge in [-0.25, -0.2) is 0 Å². The van der Waals surface area contributed by atoms with Crippen molar-refractivity contribution in [2.24, 2.45) is 0 Å². The Morgan fingerprint density at radius 1 is 1.28 bits per heavy atom. The van der Waals surface area contributed by atoms with Crippen molar-refractivity contribution < 1.29 is 0 Å². The average molecular weight is 281 g/mol. The van der Waals surface area contributed by atoms with Crippen LogP contribution in [-0.2, 0) is 6.54 Å². The van der Waals surface area contributed by atoms with Crippen molar-refractivity contribution in [2.75, 3.05) is 10.6 Å². The number of thiophene rings is 1. The van der Waals surface area contributed by atoms with Crippen LogP contribution in [0, 0.1) is 0 Å². The van der Waals surface area contributed by atoms with Crippen LogP contribution in [0.4, 0.5) is 11.4 Å². The number of nitrogens with zero attached hydrogens (tertiary/aromatic N) is 1. The Bertz CT molecular complexity index is 488. The minimum absolute atomic E-state index is 0.342. The quantitative estimate of drug-likeness (QED) is 0.841. The highest BCUT2D eigenvalue weighted by molar-refractivity contribution is 7.09. The molecule has 1 heterocycles. The van der Waals surface area contributed by atoms with Crippen LogP contribution >= 0.6 is 22.9 Å². The fraction of sp³-hybridized carbons (Fsp3) is 0.286. The smallest absolute Gasteiger partial charge is 0.0794 e. The molecule has 2 aromatic rings. The van der Waals surface area contributed by atoms with Crippen LogP contribution in [0.5, 0.6) is 0 Å². The van der Waals surface area contributed by atoms with Crippen molar-refractivity contribution in [3.05, 3.63) is 45.6 Å². The summed E-state index contributed by atoms with van der Waals surface area (Å²) in [4.78, 5) is 3.55. The van der Waals surface area contributed by atoms with Crippen LogP contribution in [0.1, 0.15) is 18.7 Å². The second kappa shape index (κ2) is 5.63. The number of anilines is 2. The van der Waals surface area contributed by atoms with E-state index in [-0.39, 0.29) is 0 Å². The van der Waals surface area contributed by atoms with Gasteiger partial charge < -0.3 is 10.6 Å². The van der Waals surface area contributed by atoms with Crippen molar-refractivity contribution in [2.45, 2.75) is 26.4 Å². The lowest BCUT2D eigenvalue weighted by atomic mass is 10.2. The summed E-state index contributed by atoms with van der Waals surface area (Å²) in [5.74, 6) is 0. The molecule has 2 nitrogen and oxygen atoms in total. The molecule has 0 radical (unpaired) electrons. The lowest BCUT2D eigenvalue weighted by molar-refractivity contribution is 0.688. The van der Waals surface area contributed by atoms with Crippen LogP contribution in [0.3, 0.4) is 0 Å². The molecule has 1 aromatic carbocycles. The number of rotatable bonds is 4. The number of nitrogen functional groups attached to an aromatic ring is 1. The molecule has 0 bridgehead atoms. The van der Waals surface area contributed by atoms with Crippen molar-refractivity contribution in [1.82, 2.24) is 0 Å². The standard InChI is InChI=1S/C14H17ClN2S/c1-10(2)17(9-11-5-4-8-18-11)14-12(15)6-3-7-13(14)16/h3-8,10H,9,16H2,1-2H3. The van der Waals surface area contributed by atoms with Gasteiger partial charge in [0.2, 0.25) is 0 Å². The molecule has 18 heavy (non-hydrogen) atoms. The van der Waals surface area contributed by atoms with E-state index in [0.717, 1.165) is 17.9 Å². The number of nitrogens with two attached hydrogens (primary N) is 1. The highest BCUT2D eigenvalue weighted by Crippen LogP contribution is 2.34. The molecular formula is C14H17ClN2S. The third-order valence-corrected chi connectivity index (χ3v) is 4.00. The number of hydrogen-bond donors (Lipinski definition) is 1. The molecule has 4 heteroatoms. The molecule has 0 amide bonds. The summed E-state index contributed by atoms with van der Waals surface area (Å²) in [6.07, 6.45) is 0. The van der Waals surface area contributed by atoms with Crippen LogP contribution in [0.25, 0.3) is 0 Å². The molecule has 0 fully saturated rings. The topological polar surface area (TPSA) is 29.3 Å². The van der Waals surface area contributed by atoms with Gasteiger partial charge in [-0.05, 0) is 37.4 Å². The van der Waals surface area contributed by atoms with E-state index in [1.807, 2.05) is 18.2 Å². The maximum Gasteiger partial charge on any atom is 0.0794 e. The van der Waals surface area contributed by atoms with Gasteiger partial charge in [-0.2, -0.15) is 0 Å². The Hall–Kier alpha value is -1.19. The molecule has 0 aliphatic rings. The van der Waals surface area contributed by atoms with Crippen LogP contribution in [0.15, 0.2) is 35.7 Å². The van der Waals surface area contributed by atoms with Gasteiger partial charge in [0, 0.05) is 10.9 Å². The first-order chi connectivity index (χ1) is 8.59. The predicted octanol–water partition coefficient (Wildman–Crippen LogP) is 4.40. The first kappa shape index (κ1) is 13.2. The highest BCUT2D eigenvalue weighted by atomic mass is 35.5. The van der Waals surface area contributed by atoms with Gasteiger partial charge in [0.15, 0.2) is 0 Å². The van der Waals surface area contributed by atoms with Gasteiger partial charge in [-0.15, -0.1) is 11.3 Å². The van der Waals surface area contributed by atoms with Crippen molar-refractivity contribution in [3.63, 3.8) is 0 Å². The Labute approximate surface area is 117 Å². The zero-order chi connectivity index (χ0) is 13.1. The van der Waals surface area contributed by atoms with E-state index < -0.39 is 0 Å². The third kappa shape index (κ3) is 2.79. The number of benzene rings is 1. The molecule has 96 valence electrons. The molecule has 2 N–H and O–H groups in total. The molecule has 2 rings (SSSR count). The summed E-state index contributed by atoms with van der Waals surface area (Å²) >= 11 is 8.04. The zero-order valence-corrected chi connectivity index (χ0v) is 12.1. The summed E-state index contributed by atoms with van der Waals surface area (Å²) in [5.41, 5.74) is 7.73. The average Bonchev–Trinajstić information content (AvgIpc) is 2.80. The molecule has 0 aliphatic heterocycles. The van der Waals surface area contributed by atoms with E-state index in [1.165, 1.54) is 4.88 Å². The summed E-state index contributed by atoms with van der Waals surface area (Å²) in [5, 5.41) is 2.80. The van der Waals surface area contributed by atoms with Crippen molar-refractivity contribution in [1.29, 1.82) is 0 Å².